The quantitative estimate of drug-likeness (QED) is 0.281. The molecule has 0 atom stereocenters. The predicted octanol–water partition coefficient (Wildman–Crippen LogP) is -4.08. The van der Waals surface area contributed by atoms with Crippen LogP contribution in [0.15, 0.2) is 58.3 Å². The smallest absolute Gasteiger partial charge is 0.744 e. The molecular weight excluding hydrogens is 468 g/mol. The van der Waals surface area contributed by atoms with Gasteiger partial charge in [-0.25, -0.2) is 16.8 Å². The van der Waals surface area contributed by atoms with Gasteiger partial charge in [-0.15, -0.1) is 0 Å². The maximum absolute atomic E-state index is 12.6. The molecule has 0 aliphatic rings. The summed E-state index contributed by atoms with van der Waals surface area (Å²) in [6, 6.07) is 10.3. The van der Waals surface area contributed by atoms with Crippen molar-refractivity contribution in [2.75, 3.05) is 5.32 Å². The fourth-order valence-corrected chi connectivity index (χ4v) is 4.08. The summed E-state index contributed by atoms with van der Waals surface area (Å²) in [6.45, 7) is 1.59. The van der Waals surface area contributed by atoms with Gasteiger partial charge in [-0.2, -0.15) is 0 Å². The molecule has 0 spiro atoms. The Balaban J connectivity index is 0.00000240. The third kappa shape index (κ3) is 6.08. The van der Waals surface area contributed by atoms with Gasteiger partial charge < -0.3 is 19.5 Å². The van der Waals surface area contributed by atoms with Crippen molar-refractivity contribution in [3.63, 3.8) is 0 Å². The minimum Gasteiger partial charge on any atom is -0.744 e. The minimum atomic E-state index is -5.23. The Bertz CT molecular complexity index is 1370. The second-order valence-electron chi connectivity index (χ2n) is 6.14. The van der Waals surface area contributed by atoms with Crippen molar-refractivity contribution in [2.45, 2.75) is 16.7 Å². The van der Waals surface area contributed by atoms with Gasteiger partial charge in [0.1, 0.15) is 26.0 Å². The van der Waals surface area contributed by atoms with Crippen LogP contribution in [0.5, 0.6) is 5.75 Å². The zero-order valence-electron chi connectivity index (χ0n) is 16.7. The van der Waals surface area contributed by atoms with Crippen molar-refractivity contribution in [3.05, 3.63) is 59.7 Å². The summed E-state index contributed by atoms with van der Waals surface area (Å²) < 4.78 is 67.8. The third-order valence-electron chi connectivity index (χ3n) is 4.28. The zero-order valence-corrected chi connectivity index (χ0v) is 22.4. The van der Waals surface area contributed by atoms with Crippen molar-refractivity contribution >= 4 is 42.6 Å². The van der Waals surface area contributed by atoms with Crippen LogP contribution in [0.3, 0.4) is 0 Å². The maximum atomic E-state index is 12.6. The number of phenolic OH excluding ortho intramolecular Hbond substituents is 1. The van der Waals surface area contributed by atoms with Crippen molar-refractivity contribution < 1.29 is 95.0 Å². The van der Waals surface area contributed by atoms with Crippen molar-refractivity contribution in [1.29, 1.82) is 0 Å². The van der Waals surface area contributed by atoms with E-state index >= 15 is 0 Å². The molecule has 1 amide bonds. The van der Waals surface area contributed by atoms with Crippen LogP contribution in [0.25, 0.3) is 10.8 Å². The molecule has 0 heterocycles. The van der Waals surface area contributed by atoms with E-state index in [-0.39, 0.29) is 70.4 Å². The first-order valence-corrected chi connectivity index (χ1v) is 10.8. The molecule has 9 nitrogen and oxygen atoms in total. The molecule has 0 fully saturated rings. The van der Waals surface area contributed by atoms with E-state index in [0.717, 1.165) is 12.1 Å². The molecule has 3 rings (SSSR count). The number of phenols is 1. The fourth-order valence-electron chi connectivity index (χ4n) is 2.85. The normalized spacial score (nSPS) is 11.3. The molecule has 2 N–H and O–H groups in total. The molecule has 0 aliphatic carbocycles. The number of aryl methyl sites for hydroxylation is 1. The monoisotopic (exact) mass is 481 g/mol. The Morgan fingerprint density at radius 3 is 2.13 bits per heavy atom. The Kier molecular flexibility index (Phi) is 9.32. The van der Waals surface area contributed by atoms with E-state index in [9.17, 15) is 35.8 Å². The topological polar surface area (TPSA) is 164 Å². The Hall–Kier alpha value is -0.990. The standard InChI is InChI=1S/C18H15NO8S2.2Na/c1-10-13-5-3-2-4-11(13)8-14(17(10)20)18(21)19-15-7-6-12(28(22,23)24)9-16(15)29(25,26)27;;/h2-9,20H,1H3,(H,19,21)(H,22,23,24)(H,25,26,27);;/q;2*+1/p-2. The summed E-state index contributed by atoms with van der Waals surface area (Å²) in [5.41, 5.74) is -0.295. The SMILES string of the molecule is Cc1c(O)c(C(=O)Nc2ccc(S(=O)(=O)[O-])cc2S(=O)(=O)[O-])cc2ccccc12.[Na+].[Na+]. The van der Waals surface area contributed by atoms with Crippen LogP contribution in [-0.4, -0.2) is 37.0 Å². The number of nitrogens with one attached hydrogen (secondary N) is 1. The Labute approximate surface area is 222 Å². The van der Waals surface area contributed by atoms with Gasteiger partial charge in [0, 0.05) is 0 Å². The average molecular weight is 481 g/mol. The van der Waals surface area contributed by atoms with Gasteiger partial charge in [0.25, 0.3) is 5.91 Å². The summed E-state index contributed by atoms with van der Waals surface area (Å²) in [6.07, 6.45) is 0. The van der Waals surface area contributed by atoms with E-state index in [2.05, 4.69) is 5.32 Å². The molecule has 0 radical (unpaired) electrons. The van der Waals surface area contributed by atoms with Gasteiger partial charge in [-0.1, -0.05) is 24.3 Å². The Morgan fingerprint density at radius 1 is 0.935 bits per heavy atom. The van der Waals surface area contributed by atoms with Crippen LogP contribution < -0.4 is 64.4 Å². The third-order valence-corrected chi connectivity index (χ3v) is 5.99. The number of anilines is 1. The number of aromatic hydroxyl groups is 1. The molecule has 0 saturated carbocycles. The summed E-state index contributed by atoms with van der Waals surface area (Å²) in [4.78, 5) is 10.6. The van der Waals surface area contributed by atoms with Crippen molar-refractivity contribution in [2.24, 2.45) is 0 Å². The molecule has 0 saturated heterocycles. The summed E-state index contributed by atoms with van der Waals surface area (Å²) in [5.74, 6) is -1.27. The summed E-state index contributed by atoms with van der Waals surface area (Å²) in [7, 11) is -10.3. The number of hydrogen-bond acceptors (Lipinski definition) is 8. The van der Waals surface area contributed by atoms with Gasteiger partial charge in [-0.05, 0) is 47.5 Å². The van der Waals surface area contributed by atoms with Gasteiger partial charge in [0.15, 0.2) is 0 Å². The predicted molar refractivity (Wildman–Crippen MR) is 101 cm³/mol. The van der Waals surface area contributed by atoms with E-state index in [1.54, 1.807) is 31.2 Å². The molecule has 0 aliphatic heterocycles. The summed E-state index contributed by atoms with van der Waals surface area (Å²) in [5, 5.41) is 13.9. The number of carbonyl (C=O) groups excluding carboxylic acids is 1. The molecule has 3 aromatic rings. The second-order valence-corrected chi connectivity index (χ2v) is 8.87. The van der Waals surface area contributed by atoms with Gasteiger partial charge in [0.2, 0.25) is 0 Å². The fraction of sp³-hybridized carbons (Fsp3) is 0.0556. The van der Waals surface area contributed by atoms with Crippen LogP contribution in [0.4, 0.5) is 5.69 Å². The average Bonchev–Trinajstić information content (AvgIpc) is 2.63. The molecule has 31 heavy (non-hydrogen) atoms. The van der Waals surface area contributed by atoms with Crippen molar-refractivity contribution in [3.8, 4) is 5.75 Å². The van der Waals surface area contributed by atoms with Gasteiger partial charge in [0.05, 0.1) is 21.0 Å². The maximum Gasteiger partial charge on any atom is 1.00 e. The van der Waals surface area contributed by atoms with Gasteiger partial charge in [-0.3, -0.25) is 4.79 Å². The van der Waals surface area contributed by atoms with E-state index in [4.69, 9.17) is 0 Å². The van der Waals surface area contributed by atoms with Crippen LogP contribution in [0.2, 0.25) is 0 Å². The number of amides is 1. The van der Waals surface area contributed by atoms with E-state index in [1.165, 1.54) is 6.07 Å². The molecule has 3 aromatic carbocycles. The molecule has 0 bridgehead atoms. The largest absolute Gasteiger partial charge is 1.00 e. The van der Waals surface area contributed by atoms with Crippen LogP contribution >= 0.6 is 0 Å². The van der Waals surface area contributed by atoms with Crippen LogP contribution in [0.1, 0.15) is 15.9 Å². The number of carbonyl (C=O) groups is 1. The first kappa shape index (κ1) is 28.0. The molecule has 13 heteroatoms. The first-order chi connectivity index (χ1) is 13.4. The summed E-state index contributed by atoms with van der Waals surface area (Å²) >= 11 is 0. The number of hydrogen-bond donors (Lipinski definition) is 2. The van der Waals surface area contributed by atoms with Crippen LogP contribution in [-0.2, 0) is 20.2 Å². The minimum absolute atomic E-state index is 0. The number of rotatable bonds is 4. The number of benzene rings is 3. The molecule has 152 valence electrons. The van der Waals surface area contributed by atoms with E-state index in [0.29, 0.717) is 22.4 Å². The Morgan fingerprint density at radius 2 is 1.55 bits per heavy atom. The van der Waals surface area contributed by atoms with Crippen LogP contribution in [0, 0.1) is 6.92 Å². The van der Waals surface area contributed by atoms with Crippen molar-refractivity contribution in [1.82, 2.24) is 0 Å². The second kappa shape index (κ2) is 10.3. The van der Waals surface area contributed by atoms with Gasteiger partial charge >= 0.3 is 59.1 Å². The molecule has 0 aromatic heterocycles. The molecule has 0 unspecified atom stereocenters. The van der Waals surface area contributed by atoms with E-state index in [1.807, 2.05) is 0 Å². The number of fused-ring (bicyclic) bond motifs is 1. The zero-order chi connectivity index (χ0) is 21.6. The van der Waals surface area contributed by atoms with E-state index < -0.39 is 41.6 Å². The first-order valence-electron chi connectivity index (χ1n) is 7.98. The molecular formula is C18H13NNa2O8S2.